The molecule has 1 aromatic carbocycles. The Morgan fingerprint density at radius 2 is 1.87 bits per heavy atom. The van der Waals surface area contributed by atoms with Crippen LogP contribution in [0.15, 0.2) is 30.3 Å². The van der Waals surface area contributed by atoms with Crippen LogP contribution in [0, 0.1) is 5.92 Å². The van der Waals surface area contributed by atoms with E-state index in [4.69, 9.17) is 5.73 Å². The van der Waals surface area contributed by atoms with Gasteiger partial charge in [-0.2, -0.15) is 13.2 Å². The molecule has 2 rings (SSSR count). The average molecular weight is 351 g/mol. The van der Waals surface area contributed by atoms with E-state index < -0.39 is 30.0 Å². The zero-order valence-corrected chi connectivity index (χ0v) is 13.7. The van der Waals surface area contributed by atoms with Crippen LogP contribution in [0.4, 0.5) is 13.2 Å². The standard InChI is InChI=1S/C16H21F3N2O.ClH/c1-15(10-20,12-7-8-12)21-14(22)9-13(16(17,18)19)11-5-3-2-4-6-11;/h2-6,12-13H,7-10,20H2,1H3,(H,21,22);1H. The van der Waals surface area contributed by atoms with E-state index >= 15 is 0 Å². The van der Waals surface area contributed by atoms with Gasteiger partial charge in [-0.1, -0.05) is 30.3 Å². The summed E-state index contributed by atoms with van der Waals surface area (Å²) in [6, 6.07) is 7.53. The van der Waals surface area contributed by atoms with Gasteiger partial charge in [-0.15, -0.1) is 12.4 Å². The number of benzene rings is 1. The molecular formula is C16H22ClF3N2O. The Kier molecular flexibility index (Phi) is 6.48. The largest absolute Gasteiger partial charge is 0.396 e. The second-order valence-corrected chi connectivity index (χ2v) is 6.15. The zero-order valence-electron chi connectivity index (χ0n) is 12.9. The molecule has 0 radical (unpaired) electrons. The minimum atomic E-state index is -4.46. The summed E-state index contributed by atoms with van der Waals surface area (Å²) in [5.41, 5.74) is 5.18. The molecular weight excluding hydrogens is 329 g/mol. The van der Waals surface area contributed by atoms with Gasteiger partial charge in [0.1, 0.15) is 0 Å². The number of alkyl halides is 3. The van der Waals surface area contributed by atoms with Crippen molar-refractivity contribution in [2.45, 2.75) is 43.8 Å². The van der Waals surface area contributed by atoms with Crippen molar-refractivity contribution in [1.82, 2.24) is 5.32 Å². The first-order valence-electron chi connectivity index (χ1n) is 7.39. The van der Waals surface area contributed by atoms with Crippen molar-refractivity contribution < 1.29 is 18.0 Å². The molecule has 7 heteroatoms. The van der Waals surface area contributed by atoms with Crippen LogP contribution in [-0.2, 0) is 4.79 Å². The summed E-state index contributed by atoms with van der Waals surface area (Å²) in [6.45, 7) is 2.03. The molecule has 0 heterocycles. The van der Waals surface area contributed by atoms with Crippen LogP contribution in [-0.4, -0.2) is 24.2 Å². The van der Waals surface area contributed by atoms with Crippen LogP contribution in [0.25, 0.3) is 0 Å². The molecule has 3 nitrogen and oxygen atoms in total. The summed E-state index contributed by atoms with van der Waals surface area (Å²) in [4.78, 5) is 12.1. The molecule has 2 atom stereocenters. The first kappa shape index (κ1) is 19.8. The molecule has 130 valence electrons. The summed E-state index contributed by atoms with van der Waals surface area (Å²) in [5, 5.41) is 2.71. The summed E-state index contributed by atoms with van der Waals surface area (Å²) >= 11 is 0. The van der Waals surface area contributed by atoms with Crippen LogP contribution in [0.5, 0.6) is 0 Å². The Labute approximate surface area is 140 Å². The highest BCUT2D eigenvalue weighted by atomic mass is 35.5. The maximum Gasteiger partial charge on any atom is 0.396 e. The van der Waals surface area contributed by atoms with Crippen molar-refractivity contribution in [2.75, 3.05) is 6.54 Å². The van der Waals surface area contributed by atoms with Crippen molar-refractivity contribution in [2.24, 2.45) is 11.7 Å². The number of hydrogen-bond acceptors (Lipinski definition) is 2. The minimum absolute atomic E-state index is 0. The van der Waals surface area contributed by atoms with E-state index in [0.717, 1.165) is 12.8 Å². The molecule has 0 aromatic heterocycles. The van der Waals surface area contributed by atoms with E-state index in [9.17, 15) is 18.0 Å². The van der Waals surface area contributed by atoms with Crippen LogP contribution in [0.3, 0.4) is 0 Å². The molecule has 1 aromatic rings. The maximum atomic E-state index is 13.2. The van der Waals surface area contributed by atoms with Gasteiger partial charge in [0, 0.05) is 13.0 Å². The molecule has 0 spiro atoms. The lowest BCUT2D eigenvalue weighted by Crippen LogP contribution is -2.53. The van der Waals surface area contributed by atoms with E-state index in [0.29, 0.717) is 0 Å². The third-order valence-corrected chi connectivity index (χ3v) is 4.31. The number of carbonyl (C=O) groups is 1. The maximum absolute atomic E-state index is 13.2. The lowest BCUT2D eigenvalue weighted by molar-refractivity contribution is -0.157. The first-order valence-corrected chi connectivity index (χ1v) is 7.39. The fourth-order valence-corrected chi connectivity index (χ4v) is 2.70. The number of halogens is 4. The molecule has 1 saturated carbocycles. The Bertz CT molecular complexity index is 520. The van der Waals surface area contributed by atoms with E-state index in [-0.39, 0.29) is 30.4 Å². The number of carbonyl (C=O) groups excluding carboxylic acids is 1. The quantitative estimate of drug-likeness (QED) is 0.826. The van der Waals surface area contributed by atoms with E-state index in [1.165, 1.54) is 12.1 Å². The Balaban J connectivity index is 0.00000264. The fourth-order valence-electron chi connectivity index (χ4n) is 2.70. The summed E-state index contributed by atoms with van der Waals surface area (Å²) in [6.07, 6.45) is -3.17. The van der Waals surface area contributed by atoms with Crippen molar-refractivity contribution in [3.63, 3.8) is 0 Å². The Hall–Kier alpha value is -1.27. The highest BCUT2D eigenvalue weighted by Crippen LogP contribution is 2.40. The van der Waals surface area contributed by atoms with Crippen molar-refractivity contribution in [3.8, 4) is 0 Å². The SMILES string of the molecule is CC(CN)(NC(=O)CC(c1ccccc1)C(F)(F)F)C1CC1.Cl. The zero-order chi connectivity index (χ0) is 16.4. The third-order valence-electron chi connectivity index (χ3n) is 4.31. The van der Waals surface area contributed by atoms with Gasteiger partial charge in [-0.3, -0.25) is 4.79 Å². The van der Waals surface area contributed by atoms with Gasteiger partial charge in [0.25, 0.3) is 0 Å². The second kappa shape index (κ2) is 7.53. The van der Waals surface area contributed by atoms with E-state index in [1.54, 1.807) is 25.1 Å². The molecule has 2 unspecified atom stereocenters. The van der Waals surface area contributed by atoms with Crippen LogP contribution in [0.2, 0.25) is 0 Å². The number of nitrogens with two attached hydrogens (primary N) is 1. The van der Waals surface area contributed by atoms with Crippen molar-refractivity contribution >= 4 is 18.3 Å². The monoisotopic (exact) mass is 350 g/mol. The molecule has 0 saturated heterocycles. The second-order valence-electron chi connectivity index (χ2n) is 6.15. The van der Waals surface area contributed by atoms with Crippen LogP contribution < -0.4 is 11.1 Å². The summed E-state index contributed by atoms with van der Waals surface area (Å²) in [7, 11) is 0. The van der Waals surface area contributed by atoms with Gasteiger partial charge in [0.2, 0.25) is 5.91 Å². The van der Waals surface area contributed by atoms with Crippen molar-refractivity contribution in [3.05, 3.63) is 35.9 Å². The van der Waals surface area contributed by atoms with Gasteiger partial charge < -0.3 is 11.1 Å². The molecule has 1 fully saturated rings. The fraction of sp³-hybridized carbons (Fsp3) is 0.562. The average Bonchev–Trinajstić information content (AvgIpc) is 3.29. The predicted octanol–water partition coefficient (Wildman–Crippen LogP) is 3.39. The van der Waals surface area contributed by atoms with Gasteiger partial charge >= 0.3 is 6.18 Å². The van der Waals surface area contributed by atoms with Gasteiger partial charge in [0.05, 0.1) is 11.5 Å². The lowest BCUT2D eigenvalue weighted by atomic mass is 9.92. The summed E-state index contributed by atoms with van der Waals surface area (Å²) < 4.78 is 39.7. The van der Waals surface area contributed by atoms with Crippen molar-refractivity contribution in [1.29, 1.82) is 0 Å². The predicted molar refractivity (Wildman–Crippen MR) is 85.4 cm³/mol. The number of nitrogens with one attached hydrogen (secondary N) is 1. The lowest BCUT2D eigenvalue weighted by Gasteiger charge is -2.30. The number of amides is 1. The van der Waals surface area contributed by atoms with Crippen LogP contribution >= 0.6 is 12.4 Å². The number of rotatable bonds is 6. The normalized spacial score (nSPS) is 18.5. The van der Waals surface area contributed by atoms with E-state index in [2.05, 4.69) is 5.32 Å². The molecule has 3 N–H and O–H groups in total. The minimum Gasteiger partial charge on any atom is -0.349 e. The van der Waals surface area contributed by atoms with E-state index in [1.807, 2.05) is 0 Å². The Morgan fingerprint density at radius 3 is 2.30 bits per heavy atom. The molecule has 1 aliphatic rings. The Morgan fingerprint density at radius 1 is 1.30 bits per heavy atom. The van der Waals surface area contributed by atoms with Gasteiger partial charge in [-0.05, 0) is 31.2 Å². The smallest absolute Gasteiger partial charge is 0.349 e. The molecule has 0 bridgehead atoms. The molecule has 0 aliphatic heterocycles. The highest BCUT2D eigenvalue weighted by molar-refractivity contribution is 5.85. The van der Waals surface area contributed by atoms with Gasteiger partial charge in [0.15, 0.2) is 0 Å². The highest BCUT2D eigenvalue weighted by Gasteiger charge is 2.45. The molecule has 1 aliphatic carbocycles. The molecule has 23 heavy (non-hydrogen) atoms. The summed E-state index contributed by atoms with van der Waals surface area (Å²) in [5.74, 6) is -2.14. The van der Waals surface area contributed by atoms with Crippen LogP contribution in [0.1, 0.15) is 37.7 Å². The topological polar surface area (TPSA) is 55.1 Å². The third kappa shape index (κ3) is 5.11. The van der Waals surface area contributed by atoms with Gasteiger partial charge in [-0.25, -0.2) is 0 Å². The molecule has 1 amide bonds. The number of hydrogen-bond donors (Lipinski definition) is 2. The first-order chi connectivity index (χ1) is 10.3.